The molecule has 0 saturated heterocycles. The molecule has 20 heavy (non-hydrogen) atoms. The van der Waals surface area contributed by atoms with Gasteiger partial charge >= 0.3 is 10.2 Å². The summed E-state index contributed by atoms with van der Waals surface area (Å²) in [6, 6.07) is 7.19. The van der Waals surface area contributed by atoms with Crippen molar-refractivity contribution in [2.24, 2.45) is 10.1 Å². The van der Waals surface area contributed by atoms with E-state index in [1.807, 2.05) is 13.0 Å². The van der Waals surface area contributed by atoms with Gasteiger partial charge in [0.25, 0.3) is 0 Å². The van der Waals surface area contributed by atoms with E-state index in [9.17, 15) is 8.42 Å². The van der Waals surface area contributed by atoms with E-state index >= 15 is 0 Å². The van der Waals surface area contributed by atoms with Crippen molar-refractivity contribution in [3.63, 3.8) is 0 Å². The summed E-state index contributed by atoms with van der Waals surface area (Å²) < 4.78 is 33.0. The number of nitrogens with two attached hydrogens (primary N) is 1. The lowest BCUT2D eigenvalue weighted by atomic mass is 10.2. The third kappa shape index (κ3) is 3.09. The zero-order chi connectivity index (χ0) is 14.9. The summed E-state index contributed by atoms with van der Waals surface area (Å²) in [5.74, 6) is 0.604. The Morgan fingerprint density at radius 2 is 2.05 bits per heavy atom. The SMILES string of the molecule is Cc1cc2cc(NC(N)=NS(=O)(=O)N(C)C)ccc2o1. The minimum atomic E-state index is -3.74. The van der Waals surface area contributed by atoms with E-state index in [2.05, 4.69) is 9.71 Å². The summed E-state index contributed by atoms with van der Waals surface area (Å²) in [5, 5.41) is 3.63. The highest BCUT2D eigenvalue weighted by atomic mass is 32.2. The topological polar surface area (TPSA) is 101 Å². The fourth-order valence-electron chi connectivity index (χ4n) is 1.63. The Morgan fingerprint density at radius 1 is 1.35 bits per heavy atom. The van der Waals surface area contributed by atoms with Crippen LogP contribution in [-0.4, -0.2) is 32.8 Å². The van der Waals surface area contributed by atoms with Crippen LogP contribution in [0.5, 0.6) is 0 Å². The van der Waals surface area contributed by atoms with Gasteiger partial charge in [-0.1, -0.05) is 0 Å². The molecule has 0 spiro atoms. The average molecular weight is 296 g/mol. The van der Waals surface area contributed by atoms with E-state index < -0.39 is 10.2 Å². The van der Waals surface area contributed by atoms with Crippen molar-refractivity contribution in [1.29, 1.82) is 0 Å². The van der Waals surface area contributed by atoms with E-state index in [1.54, 1.807) is 18.2 Å². The predicted octanol–water partition coefficient (Wildman–Crippen LogP) is 1.27. The fraction of sp³-hybridized carbons (Fsp3) is 0.250. The molecule has 0 unspecified atom stereocenters. The molecule has 0 radical (unpaired) electrons. The number of aryl methyl sites for hydroxylation is 1. The summed E-state index contributed by atoms with van der Waals surface area (Å²) in [6.07, 6.45) is 0. The maximum atomic E-state index is 11.6. The maximum absolute atomic E-state index is 11.6. The summed E-state index contributed by atoms with van der Waals surface area (Å²) in [4.78, 5) is 0. The zero-order valence-corrected chi connectivity index (χ0v) is 12.2. The van der Waals surface area contributed by atoms with Crippen molar-refractivity contribution in [3.8, 4) is 0 Å². The number of nitrogens with one attached hydrogen (secondary N) is 1. The molecule has 8 heteroatoms. The minimum absolute atomic E-state index is 0.196. The molecule has 0 atom stereocenters. The van der Waals surface area contributed by atoms with Crippen LogP contribution >= 0.6 is 0 Å². The Labute approximate surface area is 117 Å². The number of nitrogens with zero attached hydrogens (tertiary/aromatic N) is 2. The number of furan rings is 1. The second-order valence-electron chi connectivity index (χ2n) is 4.47. The Balaban J connectivity index is 2.25. The molecule has 2 aromatic rings. The molecular weight excluding hydrogens is 280 g/mol. The highest BCUT2D eigenvalue weighted by Gasteiger charge is 2.12. The van der Waals surface area contributed by atoms with Gasteiger partial charge in [-0.05, 0) is 31.2 Å². The molecular formula is C12H16N4O3S. The monoisotopic (exact) mass is 296 g/mol. The van der Waals surface area contributed by atoms with Crippen LogP contribution in [0.25, 0.3) is 11.0 Å². The largest absolute Gasteiger partial charge is 0.461 e. The van der Waals surface area contributed by atoms with Crippen LogP contribution in [0.3, 0.4) is 0 Å². The number of rotatable bonds is 3. The van der Waals surface area contributed by atoms with Gasteiger partial charge in [-0.2, -0.15) is 12.7 Å². The molecule has 0 saturated carbocycles. The Bertz CT molecular complexity index is 762. The molecule has 0 aliphatic rings. The fourth-order valence-corrected chi connectivity index (χ4v) is 2.09. The van der Waals surface area contributed by atoms with Gasteiger partial charge < -0.3 is 15.5 Å². The van der Waals surface area contributed by atoms with Crippen LogP contribution in [0.2, 0.25) is 0 Å². The first-order valence-electron chi connectivity index (χ1n) is 5.83. The summed E-state index contributed by atoms with van der Waals surface area (Å²) >= 11 is 0. The Kier molecular flexibility index (Phi) is 3.69. The minimum Gasteiger partial charge on any atom is -0.461 e. The lowest BCUT2D eigenvalue weighted by Crippen LogP contribution is -2.28. The first kappa shape index (κ1) is 14.4. The number of hydrogen-bond donors (Lipinski definition) is 2. The molecule has 3 N–H and O–H groups in total. The highest BCUT2D eigenvalue weighted by Crippen LogP contribution is 2.22. The van der Waals surface area contributed by atoms with Crippen LogP contribution in [0.1, 0.15) is 5.76 Å². The summed E-state index contributed by atoms with van der Waals surface area (Å²) in [6.45, 7) is 1.85. The molecule has 1 heterocycles. The van der Waals surface area contributed by atoms with Crippen LogP contribution in [0.15, 0.2) is 33.1 Å². The Morgan fingerprint density at radius 3 is 2.70 bits per heavy atom. The lowest BCUT2D eigenvalue weighted by Gasteiger charge is -2.09. The average Bonchev–Trinajstić information content (AvgIpc) is 2.67. The molecule has 0 amide bonds. The van der Waals surface area contributed by atoms with Crippen molar-refractivity contribution in [2.45, 2.75) is 6.92 Å². The van der Waals surface area contributed by atoms with Crippen molar-refractivity contribution < 1.29 is 12.8 Å². The summed E-state index contributed by atoms with van der Waals surface area (Å²) in [7, 11) is -0.978. The van der Waals surface area contributed by atoms with Gasteiger partial charge in [0, 0.05) is 25.2 Å². The zero-order valence-electron chi connectivity index (χ0n) is 11.4. The second kappa shape index (κ2) is 5.14. The van der Waals surface area contributed by atoms with Gasteiger partial charge in [-0.25, -0.2) is 0 Å². The number of hydrogen-bond acceptors (Lipinski definition) is 3. The van der Waals surface area contributed by atoms with Crippen LogP contribution < -0.4 is 11.1 Å². The Hall–Kier alpha value is -2.06. The first-order chi connectivity index (χ1) is 9.28. The second-order valence-corrected chi connectivity index (χ2v) is 6.28. The van der Waals surface area contributed by atoms with Crippen LogP contribution in [0, 0.1) is 6.92 Å². The standard InChI is InChI=1S/C12H16N4O3S/c1-8-6-9-7-10(4-5-11(9)19-8)14-12(13)15-20(17,18)16(2)3/h4-7H,1-3H3,(H3,13,14,15). The molecule has 0 aliphatic carbocycles. The number of guanidine groups is 1. The van der Waals surface area contributed by atoms with Crippen molar-refractivity contribution in [2.75, 3.05) is 19.4 Å². The highest BCUT2D eigenvalue weighted by molar-refractivity contribution is 7.87. The predicted molar refractivity (Wildman–Crippen MR) is 78.8 cm³/mol. The lowest BCUT2D eigenvalue weighted by molar-refractivity contribution is 0.523. The molecule has 1 aromatic heterocycles. The molecule has 1 aromatic carbocycles. The van der Waals surface area contributed by atoms with Gasteiger partial charge in [0.1, 0.15) is 11.3 Å². The number of anilines is 1. The van der Waals surface area contributed by atoms with Crippen molar-refractivity contribution in [1.82, 2.24) is 4.31 Å². The van der Waals surface area contributed by atoms with Crippen molar-refractivity contribution >= 4 is 32.8 Å². The molecule has 0 bridgehead atoms. The third-order valence-electron chi connectivity index (χ3n) is 2.59. The molecule has 0 fully saturated rings. The molecule has 0 aliphatic heterocycles. The maximum Gasteiger partial charge on any atom is 0.325 e. The molecule has 2 rings (SSSR count). The molecule has 108 valence electrons. The normalized spacial score (nSPS) is 13.1. The van der Waals surface area contributed by atoms with E-state index in [1.165, 1.54) is 14.1 Å². The van der Waals surface area contributed by atoms with Gasteiger partial charge in [0.05, 0.1) is 0 Å². The first-order valence-corrected chi connectivity index (χ1v) is 7.23. The van der Waals surface area contributed by atoms with E-state index in [4.69, 9.17) is 10.2 Å². The van der Waals surface area contributed by atoms with Crippen LogP contribution in [0.4, 0.5) is 5.69 Å². The summed E-state index contributed by atoms with van der Waals surface area (Å²) in [5.41, 5.74) is 6.98. The molecule has 7 nitrogen and oxygen atoms in total. The quantitative estimate of drug-likeness (QED) is 0.656. The van der Waals surface area contributed by atoms with Crippen molar-refractivity contribution in [3.05, 3.63) is 30.0 Å². The van der Waals surface area contributed by atoms with E-state index in [0.29, 0.717) is 5.69 Å². The van der Waals surface area contributed by atoms with E-state index in [-0.39, 0.29) is 5.96 Å². The van der Waals surface area contributed by atoms with E-state index in [0.717, 1.165) is 21.0 Å². The smallest absolute Gasteiger partial charge is 0.325 e. The van der Waals surface area contributed by atoms with Crippen LogP contribution in [-0.2, 0) is 10.2 Å². The van der Waals surface area contributed by atoms with Gasteiger partial charge in [-0.3, -0.25) is 0 Å². The van der Waals surface area contributed by atoms with Gasteiger partial charge in [0.2, 0.25) is 5.96 Å². The van der Waals surface area contributed by atoms with Gasteiger partial charge in [0.15, 0.2) is 0 Å². The number of fused-ring (bicyclic) bond motifs is 1. The third-order valence-corrected chi connectivity index (χ3v) is 3.94. The van der Waals surface area contributed by atoms with Gasteiger partial charge in [-0.15, -0.1) is 4.40 Å². The number of benzene rings is 1.